The van der Waals surface area contributed by atoms with Crippen molar-refractivity contribution in [3.8, 4) is 11.5 Å². The van der Waals surface area contributed by atoms with Gasteiger partial charge in [0, 0.05) is 11.5 Å². The average Bonchev–Trinajstić information content (AvgIpc) is 2.55. The molecule has 0 saturated heterocycles. The Morgan fingerprint density at radius 3 is 2.78 bits per heavy atom. The van der Waals surface area contributed by atoms with E-state index < -0.39 is 36.7 Å². The second kappa shape index (κ2) is 8.02. The largest absolute Gasteiger partial charge is 0.508 e. The van der Waals surface area contributed by atoms with Gasteiger partial charge in [-0.3, -0.25) is 0 Å². The summed E-state index contributed by atoms with van der Waals surface area (Å²) < 4.78 is 37.2. The number of benzene rings is 1. The Morgan fingerprint density at radius 1 is 1.26 bits per heavy atom. The number of hydrogen-bond donors (Lipinski definition) is 3. The van der Waals surface area contributed by atoms with E-state index in [1.54, 1.807) is 6.92 Å². The fourth-order valence-corrected chi connectivity index (χ4v) is 2.30. The van der Waals surface area contributed by atoms with Crippen molar-refractivity contribution in [1.29, 1.82) is 0 Å². The summed E-state index contributed by atoms with van der Waals surface area (Å²) in [7, 11) is 0. The standard InChI is InChI=1S/C18H24O5/c1-12-6-5-9-14(19)8-4-2-3-7-13-10-15(20)11-16(21)17(13)18(22)23-12/h3,7,10-12,14,19-21H,2,4-6,8-9H2,1H3/b7-3+/t12-,14+/m0/s1/i8D2,9D2. The lowest BCUT2D eigenvalue weighted by atomic mass is 10.0. The molecule has 23 heavy (non-hydrogen) atoms. The highest BCUT2D eigenvalue weighted by Crippen LogP contribution is 2.30. The number of aliphatic hydroxyl groups is 1. The molecule has 5 heteroatoms. The van der Waals surface area contributed by atoms with Gasteiger partial charge in [0.2, 0.25) is 0 Å². The number of aliphatic hydroxyl groups excluding tert-OH is 1. The zero-order chi connectivity index (χ0) is 20.4. The highest BCUT2D eigenvalue weighted by Gasteiger charge is 2.20. The fourth-order valence-electron chi connectivity index (χ4n) is 2.30. The number of ether oxygens (including phenoxy) is 1. The minimum absolute atomic E-state index is 0.0654. The van der Waals surface area contributed by atoms with Crippen LogP contribution in [0, 0.1) is 0 Å². The maximum absolute atomic E-state index is 12.4. The number of allylic oxidation sites excluding steroid dienone is 1. The molecule has 1 aliphatic rings. The van der Waals surface area contributed by atoms with Crippen LogP contribution in [0.1, 0.15) is 66.8 Å². The number of carbonyl (C=O) groups is 1. The zero-order valence-corrected chi connectivity index (χ0v) is 13.0. The maximum atomic E-state index is 12.4. The molecule has 1 aromatic carbocycles. The van der Waals surface area contributed by atoms with Crippen LogP contribution in [0.25, 0.3) is 6.08 Å². The van der Waals surface area contributed by atoms with E-state index in [-0.39, 0.29) is 42.6 Å². The number of carbonyl (C=O) groups excluding carboxylic acids is 1. The van der Waals surface area contributed by atoms with Crippen molar-refractivity contribution in [3.05, 3.63) is 29.3 Å². The van der Waals surface area contributed by atoms with Crippen molar-refractivity contribution in [3.63, 3.8) is 0 Å². The third-order valence-corrected chi connectivity index (χ3v) is 3.48. The SMILES string of the molecule is [2H]C1([2H])CC/C=C/c2cc(O)cc(O)c2C(=O)O[C@@H](C)CCC([2H])([2H])[C@@H]1O. The van der Waals surface area contributed by atoms with E-state index in [1.807, 2.05) is 0 Å². The molecule has 2 atom stereocenters. The van der Waals surface area contributed by atoms with Crippen LogP contribution < -0.4 is 0 Å². The van der Waals surface area contributed by atoms with Gasteiger partial charge in [0.1, 0.15) is 17.1 Å². The van der Waals surface area contributed by atoms with E-state index in [1.165, 1.54) is 18.2 Å². The Kier molecular flexibility index (Phi) is 4.33. The molecule has 126 valence electrons. The maximum Gasteiger partial charge on any atom is 0.342 e. The van der Waals surface area contributed by atoms with E-state index in [9.17, 15) is 20.1 Å². The molecule has 0 bridgehead atoms. The number of cyclic esters (lactones) is 1. The number of phenols is 2. The summed E-state index contributed by atoms with van der Waals surface area (Å²) in [5, 5.41) is 29.9. The molecular formula is C18H24O5. The van der Waals surface area contributed by atoms with Gasteiger partial charge in [0.15, 0.2) is 0 Å². The van der Waals surface area contributed by atoms with Crippen molar-refractivity contribution in [2.45, 2.75) is 57.6 Å². The zero-order valence-electron chi connectivity index (χ0n) is 17.0. The summed E-state index contributed by atoms with van der Waals surface area (Å²) >= 11 is 0. The van der Waals surface area contributed by atoms with Crippen LogP contribution in [0.3, 0.4) is 0 Å². The molecule has 0 saturated carbocycles. The van der Waals surface area contributed by atoms with E-state index in [4.69, 9.17) is 10.2 Å². The van der Waals surface area contributed by atoms with Gasteiger partial charge in [-0.05, 0) is 57.0 Å². The summed E-state index contributed by atoms with van der Waals surface area (Å²) in [5.74, 6) is -1.50. The minimum atomic E-state index is -2.19. The van der Waals surface area contributed by atoms with Crippen molar-refractivity contribution >= 4 is 12.0 Å². The van der Waals surface area contributed by atoms with Crippen LogP contribution in [-0.4, -0.2) is 33.5 Å². The number of aromatic hydroxyl groups is 2. The van der Waals surface area contributed by atoms with E-state index in [0.717, 1.165) is 6.07 Å². The van der Waals surface area contributed by atoms with Gasteiger partial charge < -0.3 is 20.1 Å². The monoisotopic (exact) mass is 324 g/mol. The van der Waals surface area contributed by atoms with Crippen molar-refractivity contribution in [1.82, 2.24) is 0 Å². The molecule has 0 aliphatic carbocycles. The Morgan fingerprint density at radius 2 is 2.00 bits per heavy atom. The molecule has 0 unspecified atom stereocenters. The second-order valence-corrected chi connectivity index (χ2v) is 5.44. The molecule has 1 aliphatic heterocycles. The third kappa shape index (κ3) is 4.99. The molecule has 5 nitrogen and oxygen atoms in total. The van der Waals surface area contributed by atoms with Crippen LogP contribution in [0.4, 0.5) is 0 Å². The lowest BCUT2D eigenvalue weighted by Gasteiger charge is -2.17. The van der Waals surface area contributed by atoms with Crippen LogP contribution in [-0.2, 0) is 4.74 Å². The predicted octanol–water partition coefficient (Wildman–Crippen LogP) is 3.37. The quantitative estimate of drug-likeness (QED) is 0.637. The molecule has 0 aromatic heterocycles. The summed E-state index contributed by atoms with van der Waals surface area (Å²) in [6, 6.07) is 2.31. The molecule has 2 rings (SSSR count). The molecular weight excluding hydrogens is 296 g/mol. The van der Waals surface area contributed by atoms with Crippen molar-refractivity contribution in [2.24, 2.45) is 0 Å². The van der Waals surface area contributed by atoms with Gasteiger partial charge in [-0.2, -0.15) is 0 Å². The first-order valence-electron chi connectivity index (χ1n) is 9.55. The molecule has 1 heterocycles. The van der Waals surface area contributed by atoms with Crippen LogP contribution >= 0.6 is 0 Å². The van der Waals surface area contributed by atoms with Crippen molar-refractivity contribution in [2.75, 3.05) is 0 Å². The molecule has 3 N–H and O–H groups in total. The molecule has 0 spiro atoms. The average molecular weight is 324 g/mol. The summed E-state index contributed by atoms with van der Waals surface area (Å²) in [6.45, 7) is 1.55. The Hall–Kier alpha value is -2.01. The van der Waals surface area contributed by atoms with Gasteiger partial charge in [0.25, 0.3) is 0 Å². The first kappa shape index (κ1) is 12.4. The Bertz CT molecular complexity index is 733. The van der Waals surface area contributed by atoms with E-state index in [2.05, 4.69) is 0 Å². The third-order valence-electron chi connectivity index (χ3n) is 3.48. The van der Waals surface area contributed by atoms with Gasteiger partial charge in [-0.15, -0.1) is 0 Å². The molecule has 1 aromatic rings. The number of hydrogen-bond acceptors (Lipinski definition) is 5. The van der Waals surface area contributed by atoms with Gasteiger partial charge in [-0.1, -0.05) is 12.2 Å². The lowest BCUT2D eigenvalue weighted by molar-refractivity contribution is 0.0307. The number of phenolic OH excluding ortho intramolecular Hbond substituents is 2. The minimum Gasteiger partial charge on any atom is -0.508 e. The van der Waals surface area contributed by atoms with E-state index >= 15 is 0 Å². The molecule has 0 fully saturated rings. The Balaban J connectivity index is 2.42. The fraction of sp³-hybridized carbons (Fsp3) is 0.500. The Labute approximate surface area is 141 Å². The van der Waals surface area contributed by atoms with Crippen LogP contribution in [0.2, 0.25) is 0 Å². The topological polar surface area (TPSA) is 87.0 Å². The molecule has 0 amide bonds. The lowest BCUT2D eigenvalue weighted by Crippen LogP contribution is -2.17. The van der Waals surface area contributed by atoms with Gasteiger partial charge in [0.05, 0.1) is 12.2 Å². The molecule has 0 radical (unpaired) electrons. The highest BCUT2D eigenvalue weighted by molar-refractivity contribution is 5.97. The number of esters is 1. The van der Waals surface area contributed by atoms with Gasteiger partial charge in [-0.25, -0.2) is 4.79 Å². The highest BCUT2D eigenvalue weighted by atomic mass is 16.5. The van der Waals surface area contributed by atoms with Crippen LogP contribution in [0.15, 0.2) is 18.2 Å². The second-order valence-electron chi connectivity index (χ2n) is 5.44. The summed E-state index contributed by atoms with van der Waals surface area (Å²) in [5.41, 5.74) is 0.0946. The van der Waals surface area contributed by atoms with Crippen LogP contribution in [0.5, 0.6) is 11.5 Å². The summed E-state index contributed by atoms with van der Waals surface area (Å²) in [4.78, 5) is 12.4. The smallest absolute Gasteiger partial charge is 0.342 e. The first-order valence-corrected chi connectivity index (χ1v) is 7.55. The summed E-state index contributed by atoms with van der Waals surface area (Å²) in [6.07, 6.45) is -4.04. The number of fused-ring (bicyclic) bond motifs is 1. The number of rotatable bonds is 0. The predicted molar refractivity (Wildman–Crippen MR) is 87.4 cm³/mol. The van der Waals surface area contributed by atoms with Gasteiger partial charge >= 0.3 is 5.97 Å². The van der Waals surface area contributed by atoms with Crippen molar-refractivity contribution < 1.29 is 30.3 Å². The normalized spacial score (nSPS) is 32.0. The van der Waals surface area contributed by atoms with E-state index in [0.29, 0.717) is 0 Å². The first-order chi connectivity index (χ1) is 12.4.